The maximum absolute atomic E-state index is 12.8. The number of rotatable bonds is 38. The monoisotopic (exact) mass is 887 g/mol. The summed E-state index contributed by atoms with van der Waals surface area (Å²) in [5, 5.41) is 50.1. The van der Waals surface area contributed by atoms with Crippen molar-refractivity contribution in [2.24, 2.45) is 0 Å². The molecule has 1 saturated carbocycles. The highest BCUT2D eigenvalue weighted by molar-refractivity contribution is 7.47. The number of phosphoric acid groups is 1. The summed E-state index contributed by atoms with van der Waals surface area (Å²) in [6.45, 7) is 3.23. The number of aliphatic hydroxyl groups is 5. The van der Waals surface area contributed by atoms with Crippen LogP contribution in [0.4, 0.5) is 0 Å². The number of carbonyl (C=O) groups is 2. The fourth-order valence-corrected chi connectivity index (χ4v) is 7.79. The second kappa shape index (κ2) is 37.2. The number of aliphatic hydroxyl groups excluding tert-OH is 5. The quantitative estimate of drug-likeness (QED) is 0.0148. The molecule has 61 heavy (non-hydrogen) atoms. The third-order valence-electron chi connectivity index (χ3n) is 10.6. The minimum atomic E-state index is -5.12. The lowest BCUT2D eigenvalue weighted by Gasteiger charge is -2.41. The first-order chi connectivity index (χ1) is 29.4. The number of hydrogen-bond donors (Lipinski definition) is 6. The van der Waals surface area contributed by atoms with Crippen LogP contribution in [0.2, 0.25) is 0 Å². The summed E-state index contributed by atoms with van der Waals surface area (Å²) in [4.78, 5) is 35.7. The van der Waals surface area contributed by atoms with Gasteiger partial charge in [0.15, 0.2) is 6.10 Å². The van der Waals surface area contributed by atoms with Crippen LogP contribution >= 0.6 is 7.82 Å². The van der Waals surface area contributed by atoms with Gasteiger partial charge in [0, 0.05) is 12.8 Å². The largest absolute Gasteiger partial charge is 0.472 e. The van der Waals surface area contributed by atoms with E-state index < -0.39 is 75.7 Å². The average Bonchev–Trinajstić information content (AvgIpc) is 3.24. The van der Waals surface area contributed by atoms with E-state index in [0.29, 0.717) is 12.8 Å². The van der Waals surface area contributed by atoms with Crippen LogP contribution in [0.5, 0.6) is 0 Å². The molecule has 0 saturated heterocycles. The predicted molar refractivity (Wildman–Crippen MR) is 239 cm³/mol. The smallest absolute Gasteiger partial charge is 0.462 e. The van der Waals surface area contributed by atoms with Crippen LogP contribution in [0, 0.1) is 0 Å². The molecule has 0 aliphatic heterocycles. The minimum absolute atomic E-state index is 0.0834. The van der Waals surface area contributed by atoms with Crippen molar-refractivity contribution in [3.63, 3.8) is 0 Å². The van der Waals surface area contributed by atoms with Gasteiger partial charge in [0.2, 0.25) is 0 Å². The Balaban J connectivity index is 2.47. The average molecular weight is 887 g/mol. The van der Waals surface area contributed by atoms with Crippen LogP contribution in [0.3, 0.4) is 0 Å². The molecule has 13 nitrogen and oxygen atoms in total. The number of ether oxygens (including phenoxy) is 2. The van der Waals surface area contributed by atoms with Crippen LogP contribution in [-0.4, -0.2) is 98.3 Å². The van der Waals surface area contributed by atoms with Gasteiger partial charge in [-0.25, -0.2) is 4.57 Å². The third-order valence-corrected chi connectivity index (χ3v) is 11.6. The topological polar surface area (TPSA) is 210 Å². The molecule has 0 bridgehead atoms. The molecule has 0 aromatic carbocycles. The van der Waals surface area contributed by atoms with E-state index in [1.807, 2.05) is 0 Å². The lowest BCUT2D eigenvalue weighted by Crippen LogP contribution is -2.64. The molecular weight excluding hydrogens is 803 g/mol. The van der Waals surface area contributed by atoms with Crippen LogP contribution < -0.4 is 0 Å². The van der Waals surface area contributed by atoms with Gasteiger partial charge in [-0.05, 0) is 77.0 Å². The normalized spacial score (nSPS) is 22.4. The van der Waals surface area contributed by atoms with E-state index in [2.05, 4.69) is 62.5 Å². The van der Waals surface area contributed by atoms with E-state index in [0.717, 1.165) is 103 Å². The van der Waals surface area contributed by atoms with Crippen molar-refractivity contribution < 1.29 is 63.1 Å². The predicted octanol–water partition coefficient (Wildman–Crippen LogP) is 9.17. The highest BCUT2D eigenvalue weighted by atomic mass is 31.2. The van der Waals surface area contributed by atoms with Crippen LogP contribution in [0.1, 0.15) is 181 Å². The summed E-state index contributed by atoms with van der Waals surface area (Å²) in [7, 11) is -5.12. The van der Waals surface area contributed by atoms with Crippen molar-refractivity contribution in [2.45, 2.75) is 224 Å². The zero-order chi connectivity index (χ0) is 45.0. The number of unbranched alkanes of at least 4 members (excludes halogenated alkanes) is 18. The van der Waals surface area contributed by atoms with E-state index >= 15 is 0 Å². The Hall–Kier alpha value is -2.19. The molecule has 354 valence electrons. The molecule has 0 aromatic rings. The van der Waals surface area contributed by atoms with Crippen molar-refractivity contribution in [1.82, 2.24) is 0 Å². The van der Waals surface area contributed by atoms with Crippen molar-refractivity contribution in [3.05, 3.63) is 48.6 Å². The molecule has 0 radical (unpaired) electrons. The summed E-state index contributed by atoms with van der Waals surface area (Å²) in [6.07, 6.45) is 30.1. The molecule has 14 heteroatoms. The Morgan fingerprint density at radius 2 is 0.885 bits per heavy atom. The number of carbonyl (C=O) groups excluding carboxylic acids is 2. The molecule has 0 spiro atoms. The van der Waals surface area contributed by atoms with Crippen molar-refractivity contribution in [2.75, 3.05) is 13.2 Å². The van der Waals surface area contributed by atoms with Crippen molar-refractivity contribution >= 4 is 19.8 Å². The maximum Gasteiger partial charge on any atom is 0.472 e. The Kier molecular flexibility index (Phi) is 34.7. The first-order valence-electron chi connectivity index (χ1n) is 23.4. The zero-order valence-electron chi connectivity index (χ0n) is 37.4. The third kappa shape index (κ3) is 29.7. The standard InChI is InChI=1S/C47H83O13P/c1-3-5-7-9-11-13-15-17-19-20-22-24-26-28-30-32-34-36-41(49)59-39(38-58-61(55,56)60-47-45(53)43(51)42(50)44(52)46(47)54)37-57-40(48)35-33-31-29-27-25-23-21-18-16-14-12-10-8-6-4-2/h11-14,17-19,21,39,42-47,50-54H,3-10,15-16,20,22-38H2,1-2H3,(H,55,56)/b13-11-,14-12-,19-17-,21-18-. The summed E-state index contributed by atoms with van der Waals surface area (Å²) in [5.74, 6) is -1.13. The van der Waals surface area contributed by atoms with Crippen LogP contribution in [-0.2, 0) is 32.7 Å². The molecular formula is C47H83O13P. The van der Waals surface area contributed by atoms with Crippen LogP contribution in [0.25, 0.3) is 0 Å². The van der Waals surface area contributed by atoms with E-state index in [4.69, 9.17) is 18.5 Å². The van der Waals surface area contributed by atoms with Gasteiger partial charge in [0.1, 0.15) is 43.2 Å². The summed E-state index contributed by atoms with van der Waals surface area (Å²) >= 11 is 0. The van der Waals surface area contributed by atoms with E-state index in [-0.39, 0.29) is 12.8 Å². The Labute approximate surface area is 367 Å². The minimum Gasteiger partial charge on any atom is -0.462 e. The molecule has 0 aromatic heterocycles. The first-order valence-corrected chi connectivity index (χ1v) is 24.9. The fourth-order valence-electron chi connectivity index (χ4n) is 6.82. The van der Waals surface area contributed by atoms with Gasteiger partial charge in [-0.1, -0.05) is 140 Å². The summed E-state index contributed by atoms with van der Waals surface area (Å²) in [5.41, 5.74) is 0. The second-order valence-corrected chi connectivity index (χ2v) is 17.7. The van der Waals surface area contributed by atoms with Crippen molar-refractivity contribution in [1.29, 1.82) is 0 Å². The molecule has 1 aliphatic rings. The number of phosphoric ester groups is 1. The molecule has 1 rings (SSSR count). The summed E-state index contributed by atoms with van der Waals surface area (Å²) < 4.78 is 33.5. The van der Waals surface area contributed by atoms with Gasteiger partial charge in [-0.2, -0.15) is 0 Å². The molecule has 1 aliphatic carbocycles. The number of esters is 2. The SMILES string of the molecule is CCCCC/C=C\C/C=C\CCCCCCCCCC(=O)OC(COC(=O)CCCCCCC/C=C\C/C=C\CCCCC)COP(=O)(O)OC1C(O)C(O)C(O)C(O)C1O. The molecule has 6 N–H and O–H groups in total. The van der Waals surface area contributed by atoms with Crippen molar-refractivity contribution in [3.8, 4) is 0 Å². The van der Waals surface area contributed by atoms with Gasteiger partial charge in [-0.15, -0.1) is 0 Å². The highest BCUT2D eigenvalue weighted by Gasteiger charge is 2.51. The van der Waals surface area contributed by atoms with Crippen LogP contribution in [0.15, 0.2) is 48.6 Å². The Bertz CT molecular complexity index is 1250. The fraction of sp³-hybridized carbons (Fsp3) is 0.787. The molecule has 0 amide bonds. The van der Waals surface area contributed by atoms with E-state index in [1.165, 1.54) is 38.5 Å². The van der Waals surface area contributed by atoms with E-state index in [1.54, 1.807) is 0 Å². The van der Waals surface area contributed by atoms with E-state index in [9.17, 15) is 44.6 Å². The molecule has 1 fully saturated rings. The summed E-state index contributed by atoms with van der Waals surface area (Å²) in [6, 6.07) is 0. The van der Waals surface area contributed by atoms with Gasteiger partial charge < -0.3 is 39.9 Å². The second-order valence-electron chi connectivity index (χ2n) is 16.3. The lowest BCUT2D eigenvalue weighted by atomic mass is 9.85. The van der Waals surface area contributed by atoms with Gasteiger partial charge in [-0.3, -0.25) is 18.6 Å². The Morgan fingerprint density at radius 1 is 0.508 bits per heavy atom. The Morgan fingerprint density at radius 3 is 1.33 bits per heavy atom. The van der Waals surface area contributed by atoms with Gasteiger partial charge in [0.25, 0.3) is 0 Å². The zero-order valence-corrected chi connectivity index (χ0v) is 38.3. The molecule has 6 unspecified atom stereocenters. The number of allylic oxidation sites excluding steroid dienone is 8. The van der Waals surface area contributed by atoms with Gasteiger partial charge >= 0.3 is 19.8 Å². The first kappa shape index (κ1) is 56.8. The molecule has 6 atom stereocenters. The number of hydrogen-bond acceptors (Lipinski definition) is 12. The maximum atomic E-state index is 12.8. The molecule has 0 heterocycles. The van der Waals surface area contributed by atoms with Gasteiger partial charge in [0.05, 0.1) is 6.61 Å². The lowest BCUT2D eigenvalue weighted by molar-refractivity contribution is -0.220. The highest BCUT2D eigenvalue weighted by Crippen LogP contribution is 2.47.